The van der Waals surface area contributed by atoms with Crippen LogP contribution in [-0.4, -0.2) is 76.5 Å². The van der Waals surface area contributed by atoms with Gasteiger partial charge in [0.25, 0.3) is 12.3 Å². The largest absolute Gasteiger partial charge is 0.447 e. The standard InChI is InChI=1S/C35H37ClF6N10O3/c1-32(2,3)16-34(21-8-4-18(12-23(21)37)24-14-45-52(49-24)20-6-7-20)29(53)50(30(43)47-34)26(15-55-31(54)48-33(10-11-33)35(40,41)42)19-5-9-22(36)25(13-19)51-28(27(38)39)44-17-46-51/h4-5,9,12-14,17,20-21,26-27H,6-8,10-11,15-16H2,1-3H3,(H2,43,47)(H,48,54)/t21?,26-,34-/m1/s1. The fourth-order valence-electron chi connectivity index (χ4n) is 7.22. The van der Waals surface area contributed by atoms with Crippen LogP contribution in [0, 0.1) is 16.7 Å². The van der Waals surface area contributed by atoms with Crippen LogP contribution in [-0.2, 0) is 9.53 Å². The highest BCUT2D eigenvalue weighted by Gasteiger charge is 2.65. The van der Waals surface area contributed by atoms with Gasteiger partial charge in [0.2, 0.25) is 0 Å². The number of allylic oxidation sites excluding steroid dienone is 3. The van der Waals surface area contributed by atoms with Crippen molar-refractivity contribution in [3.05, 3.63) is 70.8 Å². The van der Waals surface area contributed by atoms with Gasteiger partial charge < -0.3 is 15.4 Å². The maximum Gasteiger partial charge on any atom is 0.411 e. The van der Waals surface area contributed by atoms with Crippen LogP contribution in [0.2, 0.25) is 5.02 Å². The fraction of sp³-hybridized carbons (Fsp3) is 0.514. The van der Waals surface area contributed by atoms with Crippen molar-refractivity contribution in [1.82, 2.24) is 45.3 Å². The minimum absolute atomic E-state index is 0.00934. The number of benzene rings is 1. The smallest absolute Gasteiger partial charge is 0.411 e. The van der Waals surface area contributed by atoms with Crippen LogP contribution in [0.1, 0.15) is 94.9 Å². The Kier molecular flexibility index (Phi) is 9.53. The molecule has 2 amide bonds. The molecule has 1 saturated heterocycles. The first-order chi connectivity index (χ1) is 25.8. The number of ether oxygens (including phenoxy) is 1. The van der Waals surface area contributed by atoms with Gasteiger partial charge in [-0.1, -0.05) is 44.5 Å². The van der Waals surface area contributed by atoms with Gasteiger partial charge >= 0.3 is 12.3 Å². The van der Waals surface area contributed by atoms with E-state index < -0.39 is 77.3 Å². The summed E-state index contributed by atoms with van der Waals surface area (Å²) in [5.74, 6) is -3.86. The number of alkyl halides is 5. The molecule has 1 aromatic carbocycles. The molecule has 13 nitrogen and oxygen atoms in total. The molecule has 7 rings (SSSR count). The van der Waals surface area contributed by atoms with Gasteiger partial charge in [0.05, 0.1) is 29.0 Å². The zero-order chi connectivity index (χ0) is 39.7. The summed E-state index contributed by atoms with van der Waals surface area (Å²) in [5, 5.41) is 26.5. The molecule has 2 saturated carbocycles. The zero-order valence-electron chi connectivity index (χ0n) is 29.8. The highest BCUT2D eigenvalue weighted by molar-refractivity contribution is 6.32. The second kappa shape index (κ2) is 13.7. The van der Waals surface area contributed by atoms with Gasteiger partial charge in [0.1, 0.15) is 35.5 Å². The highest BCUT2D eigenvalue weighted by atomic mass is 35.5. The second-order valence-electron chi connectivity index (χ2n) is 15.5. The molecule has 294 valence electrons. The van der Waals surface area contributed by atoms with E-state index in [0.717, 1.165) is 28.8 Å². The lowest BCUT2D eigenvalue weighted by Gasteiger charge is -2.40. The molecule has 3 aliphatic carbocycles. The molecule has 0 radical (unpaired) electrons. The van der Waals surface area contributed by atoms with E-state index in [0.29, 0.717) is 11.3 Å². The van der Waals surface area contributed by atoms with E-state index in [1.54, 1.807) is 17.1 Å². The SMILES string of the molecule is CC(C)(C)C[C@]1(C2CC=C(c3cnn(C4CC4)n3)C=C2F)NC(=N)N([C@H](COC(=O)NC2(C(F)(F)F)CC2)c2ccc(Cl)c(-n3ncnc3C(F)F)c2)C1=O. The van der Waals surface area contributed by atoms with E-state index in [1.165, 1.54) is 24.3 Å². The van der Waals surface area contributed by atoms with Crippen molar-refractivity contribution < 1.29 is 40.7 Å². The highest BCUT2D eigenvalue weighted by Crippen LogP contribution is 2.49. The van der Waals surface area contributed by atoms with E-state index in [2.05, 4.69) is 25.6 Å². The summed E-state index contributed by atoms with van der Waals surface area (Å²) in [4.78, 5) is 34.0. The fourth-order valence-corrected chi connectivity index (χ4v) is 7.42. The van der Waals surface area contributed by atoms with E-state index in [9.17, 15) is 31.5 Å². The van der Waals surface area contributed by atoms with Gasteiger partial charge in [-0.05, 0) is 67.7 Å². The predicted octanol–water partition coefficient (Wildman–Crippen LogP) is 7.15. The third-order valence-electron chi connectivity index (χ3n) is 10.1. The number of aromatic nitrogens is 6. The first-order valence-electron chi connectivity index (χ1n) is 17.5. The molecule has 0 spiro atoms. The van der Waals surface area contributed by atoms with Crippen molar-refractivity contribution in [3.8, 4) is 5.69 Å². The summed E-state index contributed by atoms with van der Waals surface area (Å²) < 4.78 is 91.3. The molecular weight excluding hydrogens is 758 g/mol. The Hall–Kier alpha value is -4.94. The molecule has 1 aliphatic heterocycles. The molecular formula is C35H37ClF6N10O3. The Morgan fingerprint density at radius 1 is 1.18 bits per heavy atom. The number of carbonyl (C=O) groups is 2. The molecule has 4 aliphatic rings. The molecule has 3 heterocycles. The lowest BCUT2D eigenvalue weighted by Crippen LogP contribution is -2.56. The molecule has 2 aromatic heterocycles. The van der Waals surface area contributed by atoms with Crippen molar-refractivity contribution in [2.24, 2.45) is 11.3 Å². The third-order valence-corrected chi connectivity index (χ3v) is 10.5. The van der Waals surface area contributed by atoms with Gasteiger partial charge in [0.15, 0.2) is 11.8 Å². The minimum Gasteiger partial charge on any atom is -0.447 e. The number of guanidine groups is 1. The van der Waals surface area contributed by atoms with Crippen LogP contribution in [0.5, 0.6) is 0 Å². The van der Waals surface area contributed by atoms with Gasteiger partial charge in [-0.15, -0.1) is 0 Å². The number of nitrogens with one attached hydrogen (secondary N) is 3. The summed E-state index contributed by atoms with van der Waals surface area (Å²) in [5.41, 5.74) is -3.98. The summed E-state index contributed by atoms with van der Waals surface area (Å²) in [6, 6.07) is 2.70. The number of amides is 2. The molecule has 3 atom stereocenters. The zero-order valence-corrected chi connectivity index (χ0v) is 30.6. The lowest BCUT2D eigenvalue weighted by atomic mass is 9.69. The molecule has 55 heavy (non-hydrogen) atoms. The average molecular weight is 795 g/mol. The Morgan fingerprint density at radius 3 is 2.53 bits per heavy atom. The van der Waals surface area contributed by atoms with Crippen LogP contribution in [0.3, 0.4) is 0 Å². The number of carbonyl (C=O) groups excluding carboxylic acids is 2. The molecule has 3 aromatic rings. The number of alkyl carbamates (subject to hydrolysis) is 1. The number of hydrogen-bond acceptors (Lipinski definition) is 8. The van der Waals surface area contributed by atoms with Gasteiger partial charge in [-0.3, -0.25) is 15.1 Å². The normalized spacial score (nSPS) is 23.0. The predicted molar refractivity (Wildman–Crippen MR) is 185 cm³/mol. The van der Waals surface area contributed by atoms with E-state index in [4.69, 9.17) is 21.7 Å². The first-order valence-corrected chi connectivity index (χ1v) is 17.9. The molecule has 3 fully saturated rings. The van der Waals surface area contributed by atoms with E-state index in [-0.39, 0.29) is 48.0 Å². The van der Waals surface area contributed by atoms with Crippen LogP contribution in [0.15, 0.2) is 48.7 Å². The van der Waals surface area contributed by atoms with Crippen molar-refractivity contribution in [3.63, 3.8) is 0 Å². The van der Waals surface area contributed by atoms with Crippen LogP contribution in [0.4, 0.5) is 31.1 Å². The van der Waals surface area contributed by atoms with Crippen molar-refractivity contribution in [1.29, 1.82) is 5.41 Å². The lowest BCUT2D eigenvalue weighted by molar-refractivity contribution is -0.164. The third kappa shape index (κ3) is 7.29. The summed E-state index contributed by atoms with van der Waals surface area (Å²) in [7, 11) is 0. The molecule has 3 N–H and O–H groups in total. The number of hydrogen-bond donors (Lipinski definition) is 3. The number of halogens is 7. The van der Waals surface area contributed by atoms with Crippen LogP contribution < -0.4 is 10.6 Å². The number of rotatable bonds is 11. The summed E-state index contributed by atoms with van der Waals surface area (Å²) in [6.07, 6.45) is -2.60. The van der Waals surface area contributed by atoms with Crippen molar-refractivity contribution in [2.75, 3.05) is 6.61 Å². The Morgan fingerprint density at radius 2 is 1.91 bits per heavy atom. The Bertz CT molecular complexity index is 2080. The monoisotopic (exact) mass is 794 g/mol. The molecule has 0 bridgehead atoms. The van der Waals surface area contributed by atoms with Crippen LogP contribution in [0.25, 0.3) is 11.3 Å². The van der Waals surface area contributed by atoms with Gasteiger partial charge in [-0.2, -0.15) is 33.3 Å². The minimum atomic E-state index is -4.75. The summed E-state index contributed by atoms with van der Waals surface area (Å²) >= 11 is 6.41. The summed E-state index contributed by atoms with van der Waals surface area (Å²) in [6.45, 7) is 4.70. The maximum absolute atomic E-state index is 16.5. The first kappa shape index (κ1) is 38.3. The second-order valence-corrected chi connectivity index (χ2v) is 15.9. The molecule has 1 unspecified atom stereocenters. The maximum atomic E-state index is 16.5. The molecule has 20 heteroatoms. The van der Waals surface area contributed by atoms with E-state index >= 15 is 4.39 Å². The average Bonchev–Trinajstić information content (AvgIpc) is 3.97. The van der Waals surface area contributed by atoms with Gasteiger partial charge in [-0.25, -0.2) is 27.6 Å². The quantitative estimate of drug-likeness (QED) is 0.173. The van der Waals surface area contributed by atoms with E-state index in [1.807, 2.05) is 26.1 Å². The topological polar surface area (TPSA) is 156 Å². The van der Waals surface area contributed by atoms with Crippen LogP contribution >= 0.6 is 11.6 Å². The van der Waals surface area contributed by atoms with Crippen molar-refractivity contribution in [2.45, 2.75) is 95.1 Å². The van der Waals surface area contributed by atoms with Crippen molar-refractivity contribution >= 4 is 35.1 Å². The van der Waals surface area contributed by atoms with Gasteiger partial charge in [0, 0.05) is 11.5 Å². The number of nitrogens with zero attached hydrogens (tertiary/aromatic N) is 7. The Balaban J connectivity index is 1.25. The Labute approximate surface area is 315 Å².